The quantitative estimate of drug-likeness (QED) is 0.309. The van der Waals surface area contributed by atoms with E-state index in [1.165, 1.54) is 29.5 Å². The molecule has 2 aliphatic heterocycles. The maximum Gasteiger partial charge on any atom is 0.165 e. The fourth-order valence-electron chi connectivity index (χ4n) is 12.2. The van der Waals surface area contributed by atoms with Crippen LogP contribution in [-0.2, 0) is 16.6 Å². The highest BCUT2D eigenvalue weighted by Gasteiger charge is 2.65. The standard InChI is InChI=1S/C21H28O2.C17H19NO3/c1-3-20-11-9-17-16-8-6-15(22)13-14(16)5-7-18(17)19(20)10-12-21(20,23)4-2;1-18-7-6-17-10-3-5-13(20)16(17)21-15-12(19)4-2-9(14(15)17)8-11(10)18/h2,13,16-19,23H,3,5-12H2,1H3;2-5,10-11,13,16,19-20H,6-8H2,1H3/t16-,17+,18+,19-,20-,21-;10-,11+,13-,16-,17-/m00/s1. The Labute approximate surface area is 261 Å². The van der Waals surface area contributed by atoms with Crippen molar-refractivity contribution >= 4 is 5.78 Å². The molecule has 0 unspecified atom stereocenters. The second-order valence-electron chi connectivity index (χ2n) is 15.3. The van der Waals surface area contributed by atoms with Crippen molar-refractivity contribution in [3.8, 4) is 23.8 Å². The summed E-state index contributed by atoms with van der Waals surface area (Å²) in [5.74, 6) is 6.92. The van der Waals surface area contributed by atoms with Crippen molar-refractivity contribution in [2.75, 3.05) is 13.6 Å². The molecule has 1 saturated heterocycles. The molecule has 2 heterocycles. The zero-order valence-corrected chi connectivity index (χ0v) is 26.2. The van der Waals surface area contributed by atoms with Crippen LogP contribution in [0.3, 0.4) is 0 Å². The molecule has 0 amide bonds. The minimum absolute atomic E-state index is 0.0609. The molecule has 8 aliphatic rings. The molecule has 1 aromatic carbocycles. The number of carbonyl (C=O) groups is 1. The van der Waals surface area contributed by atoms with Gasteiger partial charge in [0.25, 0.3) is 0 Å². The summed E-state index contributed by atoms with van der Waals surface area (Å²) >= 11 is 0. The third-order valence-electron chi connectivity index (χ3n) is 14.2. The Bertz CT molecular complexity index is 1490. The third kappa shape index (κ3) is 3.64. The average molecular weight is 598 g/mol. The fraction of sp³-hybridized carbons (Fsp3) is 0.658. The van der Waals surface area contributed by atoms with Gasteiger partial charge in [-0.05, 0) is 119 Å². The number of likely N-dealkylation sites (tertiary alicyclic amines) is 1. The van der Waals surface area contributed by atoms with Gasteiger partial charge in [-0.1, -0.05) is 36.6 Å². The van der Waals surface area contributed by atoms with E-state index in [1.807, 2.05) is 18.2 Å². The van der Waals surface area contributed by atoms with Crippen molar-refractivity contribution in [1.29, 1.82) is 0 Å². The van der Waals surface area contributed by atoms with Gasteiger partial charge in [0.15, 0.2) is 17.3 Å². The van der Waals surface area contributed by atoms with Crippen molar-refractivity contribution < 1.29 is 24.9 Å². The van der Waals surface area contributed by atoms with E-state index in [0.29, 0.717) is 47.2 Å². The number of likely N-dealkylation sites (N-methyl/N-ethyl adjacent to an activating group) is 1. The van der Waals surface area contributed by atoms with Crippen LogP contribution in [0.2, 0.25) is 0 Å². The molecule has 3 N–H and O–H groups in total. The second kappa shape index (κ2) is 9.95. The summed E-state index contributed by atoms with van der Waals surface area (Å²) in [6.07, 6.45) is 22.1. The lowest BCUT2D eigenvalue weighted by atomic mass is 9.49. The summed E-state index contributed by atoms with van der Waals surface area (Å²) < 4.78 is 6.09. The highest BCUT2D eigenvalue weighted by atomic mass is 16.5. The van der Waals surface area contributed by atoms with Gasteiger partial charge in [-0.25, -0.2) is 0 Å². The van der Waals surface area contributed by atoms with Gasteiger partial charge in [-0.2, -0.15) is 0 Å². The summed E-state index contributed by atoms with van der Waals surface area (Å²) in [5.41, 5.74) is 2.76. The third-order valence-corrected chi connectivity index (χ3v) is 14.2. The number of rotatable bonds is 1. The first-order valence-corrected chi connectivity index (χ1v) is 17.2. The Morgan fingerprint density at radius 1 is 1.09 bits per heavy atom. The summed E-state index contributed by atoms with van der Waals surface area (Å²) in [7, 11) is 2.19. The molecular weight excluding hydrogens is 550 g/mol. The van der Waals surface area contributed by atoms with Gasteiger partial charge in [0, 0.05) is 34.8 Å². The number of ketones is 1. The van der Waals surface area contributed by atoms with E-state index in [1.54, 1.807) is 6.07 Å². The summed E-state index contributed by atoms with van der Waals surface area (Å²) in [5, 5.41) is 31.8. The van der Waals surface area contributed by atoms with E-state index in [4.69, 9.17) is 11.2 Å². The SMILES string of the molecule is C#C[C@]1(O)CC[C@H]2[C@@H]3CCC4=CC(=O)CC[C@@H]4[C@H]3CC[C@@]21CC.CN1CC[C@]23c4c5ccc(O)c4O[C@H]2[C@@H](O)C=C[C@H]3[C@H]1C5. The normalized spacial score (nSPS) is 45.8. The lowest BCUT2D eigenvalue weighted by Crippen LogP contribution is -2.64. The van der Waals surface area contributed by atoms with Crippen LogP contribution in [0.4, 0.5) is 0 Å². The van der Waals surface area contributed by atoms with Crippen LogP contribution in [0.1, 0.15) is 82.3 Å². The van der Waals surface area contributed by atoms with E-state index in [0.717, 1.165) is 64.3 Å². The monoisotopic (exact) mass is 597 g/mol. The lowest BCUT2D eigenvalue weighted by molar-refractivity contribution is -0.117. The fourth-order valence-corrected chi connectivity index (χ4v) is 12.2. The molecule has 234 valence electrons. The number of benzene rings is 1. The summed E-state index contributed by atoms with van der Waals surface area (Å²) in [6, 6.07) is 4.23. The van der Waals surface area contributed by atoms with Gasteiger partial charge in [-0.3, -0.25) is 4.79 Å². The van der Waals surface area contributed by atoms with Crippen LogP contribution in [0, 0.1) is 47.3 Å². The molecule has 1 aromatic rings. The van der Waals surface area contributed by atoms with Gasteiger partial charge < -0.3 is 25.0 Å². The number of allylic oxidation sites excluding steroid dienone is 1. The molecule has 1 spiro atoms. The molecule has 44 heavy (non-hydrogen) atoms. The molecule has 2 bridgehead atoms. The average Bonchev–Trinajstić information content (AvgIpc) is 3.55. The molecule has 9 rings (SSSR count). The molecule has 0 radical (unpaired) electrons. The number of hydrogen-bond acceptors (Lipinski definition) is 6. The van der Waals surface area contributed by atoms with Crippen molar-refractivity contribution in [1.82, 2.24) is 4.90 Å². The number of nitrogens with zero attached hydrogens (tertiary/aromatic N) is 1. The molecule has 11 atom stereocenters. The molecular formula is C38H47NO5. The first kappa shape index (κ1) is 28.9. The molecule has 3 saturated carbocycles. The maximum absolute atomic E-state index is 11.8. The number of fused-ring (bicyclic) bond motifs is 5. The highest BCUT2D eigenvalue weighted by Crippen LogP contribution is 2.66. The minimum atomic E-state index is -0.893. The smallest absolute Gasteiger partial charge is 0.165 e. The zero-order valence-electron chi connectivity index (χ0n) is 26.2. The maximum atomic E-state index is 11.8. The number of carbonyl (C=O) groups excluding carboxylic acids is 1. The summed E-state index contributed by atoms with van der Waals surface area (Å²) in [4.78, 5) is 14.2. The number of aliphatic hydroxyl groups is 2. The Morgan fingerprint density at radius 3 is 2.73 bits per heavy atom. The number of aromatic hydroxyl groups is 1. The van der Waals surface area contributed by atoms with Gasteiger partial charge >= 0.3 is 0 Å². The van der Waals surface area contributed by atoms with Crippen LogP contribution in [0.5, 0.6) is 11.5 Å². The largest absolute Gasteiger partial charge is 0.504 e. The first-order valence-electron chi connectivity index (χ1n) is 17.2. The van der Waals surface area contributed by atoms with Crippen molar-refractivity contribution in [3.05, 3.63) is 47.1 Å². The molecule has 6 aliphatic carbocycles. The first-order chi connectivity index (χ1) is 21.2. The van der Waals surface area contributed by atoms with E-state index >= 15 is 0 Å². The van der Waals surface area contributed by atoms with Gasteiger partial charge in [0.05, 0.1) is 0 Å². The Morgan fingerprint density at radius 2 is 1.93 bits per heavy atom. The van der Waals surface area contributed by atoms with Crippen LogP contribution < -0.4 is 4.74 Å². The number of ether oxygens (including phenoxy) is 1. The van der Waals surface area contributed by atoms with E-state index in [9.17, 15) is 20.1 Å². The van der Waals surface area contributed by atoms with Gasteiger partial charge in [0.2, 0.25) is 0 Å². The van der Waals surface area contributed by atoms with Gasteiger partial charge in [0.1, 0.15) is 17.8 Å². The van der Waals surface area contributed by atoms with Crippen molar-refractivity contribution in [2.24, 2.45) is 35.0 Å². The molecule has 6 nitrogen and oxygen atoms in total. The Kier molecular flexibility index (Phi) is 6.53. The van der Waals surface area contributed by atoms with Crippen LogP contribution >= 0.6 is 0 Å². The highest BCUT2D eigenvalue weighted by molar-refractivity contribution is 5.91. The van der Waals surface area contributed by atoms with Crippen molar-refractivity contribution in [2.45, 2.75) is 107 Å². The van der Waals surface area contributed by atoms with Crippen LogP contribution in [0.25, 0.3) is 0 Å². The number of phenols is 1. The van der Waals surface area contributed by atoms with E-state index in [-0.39, 0.29) is 22.7 Å². The number of piperidine rings is 1. The predicted octanol–water partition coefficient (Wildman–Crippen LogP) is 5.08. The van der Waals surface area contributed by atoms with Crippen molar-refractivity contribution in [3.63, 3.8) is 0 Å². The van der Waals surface area contributed by atoms with Crippen LogP contribution in [-0.4, -0.2) is 63.4 Å². The topological polar surface area (TPSA) is 90.2 Å². The Hall–Kier alpha value is -2.59. The molecule has 0 aromatic heterocycles. The van der Waals surface area contributed by atoms with Crippen LogP contribution in [0.15, 0.2) is 35.9 Å². The number of terminal acetylenes is 1. The second-order valence-corrected chi connectivity index (χ2v) is 15.3. The molecule has 4 fully saturated rings. The molecule has 6 heteroatoms. The van der Waals surface area contributed by atoms with Gasteiger partial charge in [-0.15, -0.1) is 6.42 Å². The number of phenolic OH excluding ortho intramolecular Hbond substituents is 1. The Balaban J connectivity index is 0.000000132. The number of aliphatic hydroxyl groups excluding tert-OH is 1. The van der Waals surface area contributed by atoms with E-state index < -0.39 is 11.7 Å². The predicted molar refractivity (Wildman–Crippen MR) is 168 cm³/mol. The zero-order chi connectivity index (χ0) is 30.6. The lowest BCUT2D eigenvalue weighted by Gasteiger charge is -2.56. The minimum Gasteiger partial charge on any atom is -0.504 e. The number of hydrogen-bond donors (Lipinski definition) is 3. The van der Waals surface area contributed by atoms with E-state index in [2.05, 4.69) is 30.9 Å². The summed E-state index contributed by atoms with van der Waals surface area (Å²) in [6.45, 7) is 3.23.